The van der Waals surface area contributed by atoms with Crippen molar-refractivity contribution >= 4 is 5.97 Å². The van der Waals surface area contributed by atoms with Gasteiger partial charge in [-0.05, 0) is 0 Å². The molecule has 0 aliphatic rings. The SMILES string of the molecule is C[N+](C)(C)[C@H](O)CC(=O)O. The predicted octanol–water partition coefficient (Wildman–Crippen LogP) is -0.514. The zero-order valence-electron chi connectivity index (χ0n) is 6.53. The minimum Gasteiger partial charge on any atom is -0.481 e. The molecule has 0 aromatic heterocycles. The van der Waals surface area contributed by atoms with Gasteiger partial charge in [0, 0.05) is 0 Å². The molecule has 60 valence electrons. The van der Waals surface area contributed by atoms with Crippen LogP contribution in [0.25, 0.3) is 0 Å². The van der Waals surface area contributed by atoms with Crippen LogP contribution in [0.3, 0.4) is 0 Å². The van der Waals surface area contributed by atoms with E-state index >= 15 is 0 Å². The molecular formula is C6H14NO3+. The molecule has 0 saturated carbocycles. The van der Waals surface area contributed by atoms with Gasteiger partial charge in [-0.25, -0.2) is 0 Å². The number of aliphatic hydroxyl groups is 1. The Morgan fingerprint density at radius 3 is 2.00 bits per heavy atom. The summed E-state index contributed by atoms with van der Waals surface area (Å²) in [7, 11) is 5.23. The first-order valence-electron chi connectivity index (χ1n) is 3.05. The summed E-state index contributed by atoms with van der Waals surface area (Å²) in [6.45, 7) is 0. The van der Waals surface area contributed by atoms with E-state index in [1.54, 1.807) is 21.1 Å². The van der Waals surface area contributed by atoms with Crippen LogP contribution in [0.15, 0.2) is 0 Å². The molecule has 4 heteroatoms. The number of rotatable bonds is 3. The van der Waals surface area contributed by atoms with E-state index in [1.807, 2.05) is 0 Å². The monoisotopic (exact) mass is 148 g/mol. The zero-order chi connectivity index (χ0) is 8.36. The third-order valence-corrected chi connectivity index (χ3v) is 1.25. The van der Waals surface area contributed by atoms with Gasteiger partial charge in [-0.3, -0.25) is 4.79 Å². The Morgan fingerprint density at radius 1 is 1.50 bits per heavy atom. The van der Waals surface area contributed by atoms with Gasteiger partial charge in [0.2, 0.25) is 6.23 Å². The van der Waals surface area contributed by atoms with E-state index in [4.69, 9.17) is 10.2 Å². The molecule has 0 aromatic carbocycles. The van der Waals surface area contributed by atoms with Crippen LogP contribution in [-0.2, 0) is 4.79 Å². The molecule has 0 amide bonds. The first-order chi connectivity index (χ1) is 4.34. The summed E-state index contributed by atoms with van der Waals surface area (Å²) in [5.74, 6) is -0.972. The van der Waals surface area contributed by atoms with Crippen molar-refractivity contribution in [2.24, 2.45) is 0 Å². The lowest BCUT2D eigenvalue weighted by Gasteiger charge is -2.28. The third-order valence-electron chi connectivity index (χ3n) is 1.25. The molecule has 0 rings (SSSR count). The fourth-order valence-corrected chi connectivity index (χ4v) is 0.430. The molecular weight excluding hydrogens is 134 g/mol. The van der Waals surface area contributed by atoms with E-state index in [-0.39, 0.29) is 10.9 Å². The maximum Gasteiger partial charge on any atom is 0.312 e. The fourth-order valence-electron chi connectivity index (χ4n) is 0.430. The molecule has 0 radical (unpaired) electrons. The number of aliphatic carboxylic acids is 1. The number of nitrogens with zero attached hydrogens (tertiary/aromatic N) is 1. The molecule has 0 aliphatic heterocycles. The van der Waals surface area contributed by atoms with Crippen molar-refractivity contribution in [1.82, 2.24) is 0 Å². The Hall–Kier alpha value is -0.610. The van der Waals surface area contributed by atoms with Gasteiger partial charge >= 0.3 is 5.97 Å². The molecule has 0 aliphatic carbocycles. The van der Waals surface area contributed by atoms with Crippen molar-refractivity contribution in [2.75, 3.05) is 21.1 Å². The highest BCUT2D eigenvalue weighted by molar-refractivity contribution is 5.66. The molecule has 0 saturated heterocycles. The fraction of sp³-hybridized carbons (Fsp3) is 0.833. The Bertz CT molecular complexity index is 127. The van der Waals surface area contributed by atoms with Gasteiger partial charge in [0.05, 0.1) is 21.1 Å². The van der Waals surface area contributed by atoms with Crippen LogP contribution in [0.1, 0.15) is 6.42 Å². The lowest BCUT2D eigenvalue weighted by Crippen LogP contribution is -2.46. The van der Waals surface area contributed by atoms with Gasteiger partial charge in [0.25, 0.3) is 0 Å². The van der Waals surface area contributed by atoms with E-state index in [1.165, 1.54) is 0 Å². The van der Waals surface area contributed by atoms with Gasteiger partial charge in [-0.15, -0.1) is 0 Å². The average molecular weight is 148 g/mol. The molecule has 10 heavy (non-hydrogen) atoms. The highest BCUT2D eigenvalue weighted by Gasteiger charge is 2.22. The van der Waals surface area contributed by atoms with Gasteiger partial charge in [0.15, 0.2) is 0 Å². The number of quaternary nitrogens is 1. The summed E-state index contributed by atoms with van der Waals surface area (Å²) < 4.78 is 0.256. The van der Waals surface area contributed by atoms with Crippen LogP contribution in [-0.4, -0.2) is 48.0 Å². The van der Waals surface area contributed by atoms with Crippen LogP contribution in [0.2, 0.25) is 0 Å². The number of hydrogen-bond acceptors (Lipinski definition) is 2. The van der Waals surface area contributed by atoms with Gasteiger partial charge in [0.1, 0.15) is 6.42 Å². The van der Waals surface area contributed by atoms with Crippen LogP contribution < -0.4 is 0 Å². The van der Waals surface area contributed by atoms with Crippen LogP contribution in [0.5, 0.6) is 0 Å². The smallest absolute Gasteiger partial charge is 0.312 e. The maximum atomic E-state index is 10.1. The Kier molecular flexibility index (Phi) is 2.80. The lowest BCUT2D eigenvalue weighted by atomic mass is 10.3. The van der Waals surface area contributed by atoms with E-state index < -0.39 is 12.2 Å². The summed E-state index contributed by atoms with van der Waals surface area (Å²) in [6, 6.07) is 0. The third kappa shape index (κ3) is 3.42. The molecule has 2 N–H and O–H groups in total. The summed E-state index contributed by atoms with van der Waals surface area (Å²) in [5.41, 5.74) is 0. The van der Waals surface area contributed by atoms with E-state index in [0.717, 1.165) is 0 Å². The summed E-state index contributed by atoms with van der Waals surface area (Å²) in [6.07, 6.45) is -1.03. The minimum atomic E-state index is -0.972. The van der Waals surface area contributed by atoms with Crippen molar-refractivity contribution in [2.45, 2.75) is 12.6 Å². The van der Waals surface area contributed by atoms with E-state index in [0.29, 0.717) is 0 Å². The predicted molar refractivity (Wildman–Crippen MR) is 36.3 cm³/mol. The van der Waals surface area contributed by atoms with Crippen LogP contribution in [0.4, 0.5) is 0 Å². The molecule has 4 nitrogen and oxygen atoms in total. The number of hydrogen-bond donors (Lipinski definition) is 2. The number of carboxylic acids is 1. The highest BCUT2D eigenvalue weighted by Crippen LogP contribution is 2.02. The van der Waals surface area contributed by atoms with Gasteiger partial charge in [-0.1, -0.05) is 0 Å². The van der Waals surface area contributed by atoms with Crippen molar-refractivity contribution < 1.29 is 19.5 Å². The second kappa shape index (κ2) is 2.98. The summed E-state index contributed by atoms with van der Waals surface area (Å²) >= 11 is 0. The van der Waals surface area contributed by atoms with E-state index in [2.05, 4.69) is 0 Å². The minimum absolute atomic E-state index is 0.205. The molecule has 1 atom stereocenters. The quantitative estimate of drug-likeness (QED) is 0.418. The summed E-state index contributed by atoms with van der Waals surface area (Å²) in [4.78, 5) is 10.1. The van der Waals surface area contributed by atoms with Crippen LogP contribution >= 0.6 is 0 Å². The standard InChI is InChI=1S/C6H13NO3/c1-7(2,3)5(8)4-6(9)10/h5,8H,4H2,1-3H3/p+1/t5-/m1/s1. The molecule has 0 aromatic rings. The number of carboxylic acid groups (broad SMARTS) is 1. The number of carbonyl (C=O) groups is 1. The van der Waals surface area contributed by atoms with Gasteiger partial charge in [-0.2, -0.15) is 0 Å². The number of aliphatic hydroxyl groups excluding tert-OH is 1. The Labute approximate surface area is 60.3 Å². The first kappa shape index (κ1) is 9.39. The average Bonchev–Trinajstić information content (AvgIpc) is 1.60. The van der Waals surface area contributed by atoms with Crippen molar-refractivity contribution in [3.8, 4) is 0 Å². The lowest BCUT2D eigenvalue weighted by molar-refractivity contribution is -0.918. The van der Waals surface area contributed by atoms with E-state index in [9.17, 15) is 4.79 Å². The Balaban J connectivity index is 3.85. The van der Waals surface area contributed by atoms with Gasteiger partial charge < -0.3 is 14.7 Å². The largest absolute Gasteiger partial charge is 0.481 e. The normalized spacial score (nSPS) is 14.8. The maximum absolute atomic E-state index is 10.1. The topological polar surface area (TPSA) is 57.5 Å². The van der Waals surface area contributed by atoms with Crippen molar-refractivity contribution in [1.29, 1.82) is 0 Å². The molecule has 0 heterocycles. The molecule has 0 fully saturated rings. The Morgan fingerprint density at radius 2 is 1.90 bits per heavy atom. The van der Waals surface area contributed by atoms with Crippen LogP contribution in [0, 0.1) is 0 Å². The van der Waals surface area contributed by atoms with Crippen molar-refractivity contribution in [3.05, 3.63) is 0 Å². The second-order valence-corrected chi connectivity index (χ2v) is 3.19. The molecule has 0 bridgehead atoms. The second-order valence-electron chi connectivity index (χ2n) is 3.19. The summed E-state index contributed by atoms with van der Waals surface area (Å²) in [5, 5.41) is 17.4. The highest BCUT2D eigenvalue weighted by atomic mass is 16.4. The first-order valence-corrected chi connectivity index (χ1v) is 3.05. The zero-order valence-corrected chi connectivity index (χ0v) is 6.53. The molecule has 0 spiro atoms. The molecule has 0 unspecified atom stereocenters. The van der Waals surface area contributed by atoms with Crippen molar-refractivity contribution in [3.63, 3.8) is 0 Å².